The fourth-order valence-electron chi connectivity index (χ4n) is 4.45. The maximum Gasteiger partial charge on any atom is 0.261 e. The summed E-state index contributed by atoms with van der Waals surface area (Å²) in [5, 5.41) is 6.31. The van der Waals surface area contributed by atoms with Gasteiger partial charge in [0.25, 0.3) is 15.9 Å². The van der Waals surface area contributed by atoms with Crippen LogP contribution >= 0.6 is 0 Å². The molecule has 36 heavy (non-hydrogen) atoms. The number of hydrogen-bond donors (Lipinski definition) is 3. The van der Waals surface area contributed by atoms with E-state index in [1.165, 1.54) is 12.1 Å². The summed E-state index contributed by atoms with van der Waals surface area (Å²) in [6.07, 6.45) is 4.05. The van der Waals surface area contributed by atoms with Gasteiger partial charge in [0.15, 0.2) is 11.5 Å². The van der Waals surface area contributed by atoms with E-state index >= 15 is 0 Å². The molecule has 1 fully saturated rings. The Bertz CT molecular complexity index is 1340. The molecule has 0 atom stereocenters. The van der Waals surface area contributed by atoms with Crippen LogP contribution in [0.25, 0.3) is 0 Å². The lowest BCUT2D eigenvalue weighted by atomic mass is 10.1. The fourth-order valence-corrected chi connectivity index (χ4v) is 5.58. The third-order valence-corrected chi connectivity index (χ3v) is 7.66. The molecule has 1 aliphatic carbocycles. The Balaban J connectivity index is 1.40. The maximum absolute atomic E-state index is 13.2. The van der Waals surface area contributed by atoms with Gasteiger partial charge in [-0.3, -0.25) is 9.52 Å². The third kappa shape index (κ3) is 5.73. The number of hydrogen-bond acceptors (Lipinski definition) is 6. The minimum Gasteiger partial charge on any atom is -0.486 e. The molecule has 1 saturated carbocycles. The molecular formula is C27H29N3O5S. The molecule has 3 aromatic carbocycles. The van der Waals surface area contributed by atoms with Crippen molar-refractivity contribution in [1.82, 2.24) is 5.32 Å². The molecule has 2 aliphatic rings. The first-order valence-corrected chi connectivity index (χ1v) is 13.6. The molecule has 5 rings (SSSR count). The lowest BCUT2D eigenvalue weighted by Crippen LogP contribution is -2.32. The van der Waals surface area contributed by atoms with Gasteiger partial charge in [-0.25, -0.2) is 8.42 Å². The molecule has 188 valence electrons. The first-order chi connectivity index (χ1) is 17.5. The maximum atomic E-state index is 13.2. The number of anilines is 2. The molecule has 3 aromatic rings. The smallest absolute Gasteiger partial charge is 0.261 e. The predicted octanol–water partition coefficient (Wildman–Crippen LogP) is 4.54. The second-order valence-corrected chi connectivity index (χ2v) is 10.7. The Hall–Kier alpha value is -3.72. The summed E-state index contributed by atoms with van der Waals surface area (Å²) in [5.74, 6) is 1.11. The van der Waals surface area contributed by atoms with Crippen molar-refractivity contribution in [3.8, 4) is 11.5 Å². The number of nitrogens with one attached hydrogen (secondary N) is 3. The zero-order valence-electron chi connectivity index (χ0n) is 19.8. The van der Waals surface area contributed by atoms with Crippen LogP contribution in [0.2, 0.25) is 0 Å². The molecule has 0 bridgehead atoms. The van der Waals surface area contributed by atoms with Gasteiger partial charge < -0.3 is 20.1 Å². The largest absolute Gasteiger partial charge is 0.486 e. The lowest BCUT2D eigenvalue weighted by molar-refractivity contribution is 0.0937. The molecule has 8 nitrogen and oxygen atoms in total. The number of ether oxygens (including phenoxy) is 2. The van der Waals surface area contributed by atoms with E-state index in [9.17, 15) is 13.2 Å². The highest BCUT2D eigenvalue weighted by atomic mass is 32.2. The molecular weight excluding hydrogens is 478 g/mol. The average Bonchev–Trinajstić information content (AvgIpc) is 3.40. The van der Waals surface area contributed by atoms with Crippen LogP contribution < -0.4 is 24.8 Å². The summed E-state index contributed by atoms with van der Waals surface area (Å²) in [4.78, 5) is 13.0. The van der Waals surface area contributed by atoms with Gasteiger partial charge in [-0.15, -0.1) is 0 Å². The zero-order valence-corrected chi connectivity index (χ0v) is 20.6. The number of carbonyl (C=O) groups excluding carboxylic acids is 1. The molecule has 0 unspecified atom stereocenters. The van der Waals surface area contributed by atoms with E-state index in [1.54, 1.807) is 30.3 Å². The highest BCUT2D eigenvalue weighted by Crippen LogP contribution is 2.31. The molecule has 3 N–H and O–H groups in total. The Kier molecular flexibility index (Phi) is 6.99. The van der Waals surface area contributed by atoms with Crippen LogP contribution in [0.3, 0.4) is 0 Å². The van der Waals surface area contributed by atoms with Crippen LogP contribution in [0.1, 0.15) is 41.6 Å². The van der Waals surface area contributed by atoms with Crippen LogP contribution in [0.15, 0.2) is 71.6 Å². The standard InChI is InChI=1S/C27H29N3O5S/c31-27(29-21-6-4-5-7-21)20-15-23(28-18-19-10-11-25-26(14-19)35-13-12-34-25)17-24(16-20)36(32,33)30-22-8-2-1-3-9-22/h1-3,8-11,14-17,21,28,30H,4-7,12-13,18H2,(H,29,31). The van der Waals surface area contributed by atoms with Gasteiger partial charge in [0.1, 0.15) is 13.2 Å². The highest BCUT2D eigenvalue weighted by molar-refractivity contribution is 7.92. The Labute approximate surface area is 211 Å². The summed E-state index contributed by atoms with van der Waals surface area (Å²) in [6.45, 7) is 1.43. The van der Waals surface area contributed by atoms with Crippen molar-refractivity contribution in [3.63, 3.8) is 0 Å². The number of sulfonamides is 1. The van der Waals surface area contributed by atoms with E-state index in [4.69, 9.17) is 9.47 Å². The molecule has 1 aliphatic heterocycles. The van der Waals surface area contributed by atoms with Gasteiger partial charge in [-0.05, 0) is 60.9 Å². The lowest BCUT2D eigenvalue weighted by Gasteiger charge is -2.19. The van der Waals surface area contributed by atoms with Crippen molar-refractivity contribution in [2.45, 2.75) is 43.2 Å². The van der Waals surface area contributed by atoms with Crippen LogP contribution in [0.4, 0.5) is 11.4 Å². The number of para-hydroxylation sites is 1. The van der Waals surface area contributed by atoms with E-state index in [0.29, 0.717) is 48.2 Å². The first kappa shape index (κ1) is 24.0. The van der Waals surface area contributed by atoms with Crippen molar-refractivity contribution in [3.05, 3.63) is 77.9 Å². The van der Waals surface area contributed by atoms with Crippen molar-refractivity contribution in [1.29, 1.82) is 0 Å². The van der Waals surface area contributed by atoms with Crippen molar-refractivity contribution in [2.24, 2.45) is 0 Å². The molecule has 0 saturated heterocycles. The summed E-state index contributed by atoms with van der Waals surface area (Å²) >= 11 is 0. The third-order valence-electron chi connectivity index (χ3n) is 6.30. The molecule has 0 aromatic heterocycles. The van der Waals surface area contributed by atoms with Crippen LogP contribution in [0, 0.1) is 0 Å². The number of rotatable bonds is 8. The average molecular weight is 508 g/mol. The van der Waals surface area contributed by atoms with Crippen LogP contribution in [0.5, 0.6) is 11.5 Å². The Morgan fingerprint density at radius 2 is 1.61 bits per heavy atom. The van der Waals surface area contributed by atoms with Gasteiger partial charge >= 0.3 is 0 Å². The molecule has 9 heteroatoms. The van der Waals surface area contributed by atoms with Crippen molar-refractivity contribution in [2.75, 3.05) is 23.3 Å². The highest BCUT2D eigenvalue weighted by Gasteiger charge is 2.22. The number of fused-ring (bicyclic) bond motifs is 1. The molecule has 1 heterocycles. The molecule has 0 spiro atoms. The van der Waals surface area contributed by atoms with E-state index in [0.717, 1.165) is 31.2 Å². The normalized spacial score (nSPS) is 15.3. The van der Waals surface area contributed by atoms with E-state index < -0.39 is 10.0 Å². The summed E-state index contributed by atoms with van der Waals surface area (Å²) in [5.41, 5.74) is 2.20. The van der Waals surface area contributed by atoms with Crippen molar-refractivity contribution >= 4 is 27.3 Å². The summed E-state index contributed by atoms with van der Waals surface area (Å²) in [7, 11) is -3.92. The Morgan fingerprint density at radius 3 is 2.39 bits per heavy atom. The Morgan fingerprint density at radius 1 is 0.861 bits per heavy atom. The quantitative estimate of drug-likeness (QED) is 0.413. The van der Waals surface area contributed by atoms with Gasteiger partial charge in [0.2, 0.25) is 0 Å². The monoisotopic (exact) mass is 507 g/mol. The fraction of sp³-hybridized carbons (Fsp3) is 0.296. The van der Waals surface area contributed by atoms with Crippen LogP contribution in [-0.2, 0) is 16.6 Å². The minimum absolute atomic E-state index is 0.00935. The zero-order chi connectivity index (χ0) is 25.0. The second-order valence-electron chi connectivity index (χ2n) is 9.00. The van der Waals surface area contributed by atoms with Crippen LogP contribution in [-0.4, -0.2) is 33.6 Å². The van der Waals surface area contributed by atoms with E-state index in [2.05, 4.69) is 15.4 Å². The van der Waals surface area contributed by atoms with Gasteiger partial charge in [0, 0.05) is 29.5 Å². The predicted molar refractivity (Wildman–Crippen MR) is 138 cm³/mol. The van der Waals surface area contributed by atoms with Gasteiger partial charge in [-0.2, -0.15) is 0 Å². The summed E-state index contributed by atoms with van der Waals surface area (Å²) < 4.78 is 40.2. The second kappa shape index (κ2) is 10.5. The summed E-state index contributed by atoms with van der Waals surface area (Å²) in [6, 6.07) is 19.1. The van der Waals surface area contributed by atoms with Gasteiger partial charge in [-0.1, -0.05) is 37.1 Å². The first-order valence-electron chi connectivity index (χ1n) is 12.1. The molecule has 0 radical (unpaired) electrons. The SMILES string of the molecule is O=C(NC1CCCC1)c1cc(NCc2ccc3c(c2)OCCO3)cc(S(=O)(=O)Nc2ccccc2)c1. The van der Waals surface area contributed by atoms with Crippen molar-refractivity contribution < 1.29 is 22.7 Å². The number of amides is 1. The van der Waals surface area contributed by atoms with E-state index in [-0.39, 0.29) is 16.8 Å². The minimum atomic E-state index is -3.92. The van der Waals surface area contributed by atoms with Gasteiger partial charge in [0.05, 0.1) is 4.90 Å². The molecule has 1 amide bonds. The number of benzene rings is 3. The van der Waals surface area contributed by atoms with E-state index in [1.807, 2.05) is 24.3 Å². The number of carbonyl (C=O) groups is 1. The topological polar surface area (TPSA) is 106 Å².